The van der Waals surface area contributed by atoms with E-state index in [-0.39, 0.29) is 11.3 Å². The highest BCUT2D eigenvalue weighted by atomic mass is 35.5. The molecule has 0 unspecified atom stereocenters. The van der Waals surface area contributed by atoms with Gasteiger partial charge in [0.1, 0.15) is 0 Å². The summed E-state index contributed by atoms with van der Waals surface area (Å²) in [6.45, 7) is 1.71. The van der Waals surface area contributed by atoms with Gasteiger partial charge in [-0.3, -0.25) is 4.79 Å². The molecule has 6 nitrogen and oxygen atoms in total. The molecule has 0 aliphatic rings. The van der Waals surface area contributed by atoms with Gasteiger partial charge in [0.15, 0.2) is 5.58 Å². The Hall–Kier alpha value is -2.34. The van der Waals surface area contributed by atoms with E-state index in [9.17, 15) is 14.4 Å². The van der Waals surface area contributed by atoms with Crippen LogP contribution in [0.2, 0.25) is 5.02 Å². The molecule has 0 aliphatic carbocycles. The van der Waals surface area contributed by atoms with Crippen LogP contribution in [-0.2, 0) is 14.3 Å². The van der Waals surface area contributed by atoms with Crippen molar-refractivity contribution in [2.75, 3.05) is 12.4 Å². The van der Waals surface area contributed by atoms with Crippen LogP contribution in [0.15, 0.2) is 27.4 Å². The molecule has 0 saturated carbocycles. The highest BCUT2D eigenvalue weighted by Crippen LogP contribution is 2.29. The first-order valence-electron chi connectivity index (χ1n) is 5.55. The van der Waals surface area contributed by atoms with E-state index in [1.54, 1.807) is 13.0 Å². The number of esters is 1. The van der Waals surface area contributed by atoms with Crippen molar-refractivity contribution in [1.82, 2.24) is 0 Å². The second-order valence-electron chi connectivity index (χ2n) is 4.02. The van der Waals surface area contributed by atoms with Crippen molar-refractivity contribution in [2.24, 2.45) is 0 Å². The summed E-state index contributed by atoms with van der Waals surface area (Å²) < 4.78 is 9.36. The van der Waals surface area contributed by atoms with Crippen molar-refractivity contribution >= 4 is 40.1 Å². The van der Waals surface area contributed by atoms with E-state index < -0.39 is 17.5 Å². The largest absolute Gasteiger partial charge is 0.462 e. The third kappa shape index (κ3) is 2.65. The number of rotatable bonds is 1. The van der Waals surface area contributed by atoms with Crippen LogP contribution in [0.4, 0.5) is 5.69 Å². The van der Waals surface area contributed by atoms with E-state index in [0.29, 0.717) is 16.0 Å². The number of amides is 1. The molecule has 1 amide bonds. The Morgan fingerprint density at radius 2 is 2.00 bits per heavy atom. The van der Waals surface area contributed by atoms with E-state index in [4.69, 9.17) is 16.0 Å². The first-order valence-corrected chi connectivity index (χ1v) is 5.93. The number of nitrogens with one attached hydrogen (secondary N) is 1. The van der Waals surface area contributed by atoms with Crippen LogP contribution in [0.3, 0.4) is 0 Å². The number of hydrogen-bond acceptors (Lipinski definition) is 5. The third-order valence-electron chi connectivity index (χ3n) is 2.63. The van der Waals surface area contributed by atoms with Gasteiger partial charge < -0.3 is 14.5 Å². The van der Waals surface area contributed by atoms with Gasteiger partial charge in [-0.15, -0.1) is 0 Å². The maximum atomic E-state index is 11.5. The topological polar surface area (TPSA) is 85.6 Å². The van der Waals surface area contributed by atoms with Crippen molar-refractivity contribution in [3.05, 3.63) is 39.2 Å². The maximum Gasteiger partial charge on any atom is 0.396 e. The number of fused-ring (bicyclic) bond motifs is 1. The second kappa shape index (κ2) is 5.34. The minimum Gasteiger partial charge on any atom is -0.462 e. The van der Waals surface area contributed by atoms with E-state index >= 15 is 0 Å². The fourth-order valence-electron chi connectivity index (χ4n) is 1.74. The zero-order chi connectivity index (χ0) is 14.9. The molecule has 1 N–H and O–H groups in total. The maximum absolute atomic E-state index is 11.5. The average molecular weight is 296 g/mol. The van der Waals surface area contributed by atoms with Gasteiger partial charge in [-0.1, -0.05) is 11.6 Å². The predicted octanol–water partition coefficient (Wildman–Crippen LogP) is 1.87. The van der Waals surface area contributed by atoms with Gasteiger partial charge in [0.25, 0.3) is 0 Å². The van der Waals surface area contributed by atoms with Gasteiger partial charge in [-0.2, -0.15) is 0 Å². The van der Waals surface area contributed by atoms with Crippen LogP contribution in [0, 0.1) is 6.92 Å². The van der Waals surface area contributed by atoms with Crippen LogP contribution < -0.4 is 10.9 Å². The quantitative estimate of drug-likeness (QED) is 0.493. The summed E-state index contributed by atoms with van der Waals surface area (Å²) in [7, 11) is 1.09. The Bertz CT molecular complexity index is 765. The molecule has 0 atom stereocenters. The Kier molecular flexibility index (Phi) is 3.76. The summed E-state index contributed by atoms with van der Waals surface area (Å²) in [6.07, 6.45) is 0. The number of anilines is 1. The van der Waals surface area contributed by atoms with Crippen molar-refractivity contribution in [2.45, 2.75) is 6.92 Å². The van der Waals surface area contributed by atoms with Gasteiger partial charge in [0.05, 0.1) is 12.8 Å². The fourth-order valence-corrected chi connectivity index (χ4v) is 1.96. The van der Waals surface area contributed by atoms with Gasteiger partial charge in [-0.05, 0) is 24.6 Å². The predicted molar refractivity (Wildman–Crippen MR) is 72.9 cm³/mol. The van der Waals surface area contributed by atoms with E-state index in [1.165, 1.54) is 12.1 Å². The van der Waals surface area contributed by atoms with Crippen molar-refractivity contribution < 1.29 is 18.7 Å². The Labute approximate surface area is 118 Å². The zero-order valence-electron chi connectivity index (χ0n) is 10.7. The lowest BCUT2D eigenvalue weighted by molar-refractivity contribution is -0.150. The molecule has 1 aromatic carbocycles. The SMILES string of the molecule is COC(=O)C(=O)Nc1cc(Cl)cc2c(C)cc(=O)oc12. The average Bonchev–Trinajstić information content (AvgIpc) is 2.39. The zero-order valence-corrected chi connectivity index (χ0v) is 11.4. The number of halogens is 1. The Morgan fingerprint density at radius 1 is 1.30 bits per heavy atom. The number of hydrogen-bond donors (Lipinski definition) is 1. The van der Waals surface area contributed by atoms with Crippen LogP contribution in [0.5, 0.6) is 0 Å². The molecular formula is C13H10ClNO5. The van der Waals surface area contributed by atoms with Crippen molar-refractivity contribution in [3.8, 4) is 0 Å². The highest BCUT2D eigenvalue weighted by molar-refractivity contribution is 6.38. The van der Waals surface area contributed by atoms with Gasteiger partial charge in [-0.25, -0.2) is 9.59 Å². The molecule has 0 spiro atoms. The van der Waals surface area contributed by atoms with Crippen molar-refractivity contribution in [1.29, 1.82) is 0 Å². The molecule has 0 saturated heterocycles. The smallest absolute Gasteiger partial charge is 0.396 e. The molecule has 7 heteroatoms. The summed E-state index contributed by atoms with van der Waals surface area (Å²) >= 11 is 5.95. The minimum absolute atomic E-state index is 0.128. The highest BCUT2D eigenvalue weighted by Gasteiger charge is 2.17. The first kappa shape index (κ1) is 14.1. The molecule has 2 rings (SSSR count). The van der Waals surface area contributed by atoms with Crippen molar-refractivity contribution in [3.63, 3.8) is 0 Å². The fraction of sp³-hybridized carbons (Fsp3) is 0.154. The molecule has 0 bridgehead atoms. The molecule has 1 heterocycles. The van der Waals surface area contributed by atoms with E-state index in [0.717, 1.165) is 7.11 Å². The lowest BCUT2D eigenvalue weighted by Gasteiger charge is -2.08. The van der Waals surface area contributed by atoms with Crippen LogP contribution in [0.25, 0.3) is 11.0 Å². The van der Waals surface area contributed by atoms with E-state index in [2.05, 4.69) is 10.1 Å². The molecule has 104 valence electrons. The van der Waals surface area contributed by atoms with Crippen LogP contribution in [0.1, 0.15) is 5.56 Å². The summed E-state index contributed by atoms with van der Waals surface area (Å²) in [5.74, 6) is -2.05. The summed E-state index contributed by atoms with van der Waals surface area (Å²) in [6, 6.07) is 4.29. The molecule has 0 aliphatic heterocycles. The van der Waals surface area contributed by atoms with Gasteiger partial charge >= 0.3 is 17.5 Å². The van der Waals surface area contributed by atoms with E-state index in [1.807, 2.05) is 0 Å². The number of aryl methyl sites for hydroxylation is 1. The molecule has 0 radical (unpaired) electrons. The first-order chi connectivity index (χ1) is 9.42. The van der Waals surface area contributed by atoms with Crippen LogP contribution >= 0.6 is 11.6 Å². The Morgan fingerprint density at radius 3 is 2.65 bits per heavy atom. The summed E-state index contributed by atoms with van der Waals surface area (Å²) in [4.78, 5) is 34.0. The lowest BCUT2D eigenvalue weighted by Crippen LogP contribution is -2.24. The lowest BCUT2D eigenvalue weighted by atomic mass is 10.1. The minimum atomic E-state index is -1.06. The van der Waals surface area contributed by atoms with Crippen LogP contribution in [-0.4, -0.2) is 19.0 Å². The number of carbonyl (C=O) groups is 2. The molecule has 20 heavy (non-hydrogen) atoms. The second-order valence-corrected chi connectivity index (χ2v) is 4.46. The molecular weight excluding hydrogens is 286 g/mol. The normalized spacial score (nSPS) is 10.3. The van der Waals surface area contributed by atoms with Gasteiger partial charge in [0.2, 0.25) is 0 Å². The number of ether oxygens (including phenoxy) is 1. The third-order valence-corrected chi connectivity index (χ3v) is 2.85. The molecule has 2 aromatic rings. The standard InChI is InChI=1S/C13H10ClNO5/c1-6-3-10(16)20-11-8(6)4-7(14)5-9(11)15-12(17)13(18)19-2/h3-5H,1-2H3,(H,15,17). The number of benzene rings is 1. The number of methoxy groups -OCH3 is 1. The Balaban J connectivity index is 2.61. The monoisotopic (exact) mass is 295 g/mol. The summed E-state index contributed by atoms with van der Waals surface area (Å²) in [5.41, 5.74) is 0.360. The van der Waals surface area contributed by atoms with Gasteiger partial charge in [0, 0.05) is 16.5 Å². The summed E-state index contributed by atoms with van der Waals surface area (Å²) in [5, 5.41) is 3.20. The number of carbonyl (C=O) groups excluding carboxylic acids is 2. The molecule has 0 fully saturated rings. The molecule has 1 aromatic heterocycles.